The lowest BCUT2D eigenvalue weighted by atomic mass is 10.0. The molecule has 6 nitrogen and oxygen atoms in total. The molecule has 1 amide bonds. The van der Waals surface area contributed by atoms with E-state index < -0.39 is 23.8 Å². The Morgan fingerprint density at radius 3 is 2.59 bits per heavy atom. The highest BCUT2D eigenvalue weighted by molar-refractivity contribution is 5.96. The number of carbonyl (C=O) groups is 2. The summed E-state index contributed by atoms with van der Waals surface area (Å²) in [5.74, 6) is -2.45. The van der Waals surface area contributed by atoms with Crippen LogP contribution in [0, 0.1) is 5.92 Å². The maximum Gasteiger partial charge on any atom is 0.308 e. The fourth-order valence-corrected chi connectivity index (χ4v) is 1.20. The molecule has 0 aromatic carbocycles. The maximum atomic E-state index is 11.7. The molecule has 17 heavy (non-hydrogen) atoms. The van der Waals surface area contributed by atoms with Crippen LogP contribution in [0.2, 0.25) is 0 Å². The van der Waals surface area contributed by atoms with Gasteiger partial charge in [-0.25, -0.2) is 0 Å². The van der Waals surface area contributed by atoms with Gasteiger partial charge in [-0.2, -0.15) is 0 Å². The number of aliphatic carboxylic acids is 1. The summed E-state index contributed by atoms with van der Waals surface area (Å²) in [6.07, 6.45) is 2.53. The van der Waals surface area contributed by atoms with Crippen LogP contribution in [-0.2, 0) is 4.79 Å². The number of hydrogen-bond acceptors (Lipinski definition) is 4. The molecular weight excluding hydrogens is 224 g/mol. The first-order valence-corrected chi connectivity index (χ1v) is 5.10. The number of aromatic nitrogens is 1. The van der Waals surface area contributed by atoms with Crippen LogP contribution >= 0.6 is 0 Å². The van der Waals surface area contributed by atoms with Crippen LogP contribution in [0.1, 0.15) is 24.2 Å². The van der Waals surface area contributed by atoms with Crippen molar-refractivity contribution >= 4 is 11.9 Å². The standard InChI is InChI=1S/C11H14N2O4/c1-6(11(16)17)7(2)13-10(15)8-3-4-12-5-9(8)14/h3-7,14H,1-2H3,(H,13,15)(H,16,17). The Balaban J connectivity index is 2.74. The monoisotopic (exact) mass is 238 g/mol. The molecule has 0 aliphatic carbocycles. The molecule has 0 saturated carbocycles. The van der Waals surface area contributed by atoms with Crippen molar-refractivity contribution in [1.82, 2.24) is 10.3 Å². The van der Waals surface area contributed by atoms with Gasteiger partial charge in [0.15, 0.2) is 0 Å². The second kappa shape index (κ2) is 5.29. The third kappa shape index (κ3) is 3.17. The van der Waals surface area contributed by atoms with Gasteiger partial charge in [-0.1, -0.05) is 0 Å². The van der Waals surface area contributed by atoms with Crippen LogP contribution in [0.15, 0.2) is 18.5 Å². The number of carbonyl (C=O) groups excluding carboxylic acids is 1. The number of nitrogens with zero attached hydrogens (tertiary/aromatic N) is 1. The van der Waals surface area contributed by atoms with Crippen molar-refractivity contribution in [2.45, 2.75) is 19.9 Å². The minimum absolute atomic E-state index is 0.0736. The molecule has 1 heterocycles. The first kappa shape index (κ1) is 13.0. The average Bonchev–Trinajstić information content (AvgIpc) is 2.28. The zero-order valence-corrected chi connectivity index (χ0v) is 9.54. The summed E-state index contributed by atoms with van der Waals surface area (Å²) in [6.45, 7) is 3.09. The zero-order chi connectivity index (χ0) is 13.0. The predicted molar refractivity (Wildman–Crippen MR) is 59.6 cm³/mol. The lowest BCUT2D eigenvalue weighted by molar-refractivity contribution is -0.141. The van der Waals surface area contributed by atoms with Gasteiger partial charge in [0.05, 0.1) is 17.7 Å². The molecule has 2 atom stereocenters. The van der Waals surface area contributed by atoms with Crippen LogP contribution in [0.5, 0.6) is 5.75 Å². The highest BCUT2D eigenvalue weighted by Gasteiger charge is 2.22. The van der Waals surface area contributed by atoms with Gasteiger partial charge in [0.25, 0.3) is 5.91 Å². The summed E-state index contributed by atoms with van der Waals surface area (Å²) in [4.78, 5) is 26.1. The molecular formula is C11H14N2O4. The highest BCUT2D eigenvalue weighted by Crippen LogP contribution is 2.14. The Morgan fingerprint density at radius 2 is 2.06 bits per heavy atom. The van der Waals surface area contributed by atoms with Crippen LogP contribution in [0.4, 0.5) is 0 Å². The van der Waals surface area contributed by atoms with Gasteiger partial charge in [-0.05, 0) is 19.9 Å². The quantitative estimate of drug-likeness (QED) is 0.714. The second-order valence-electron chi connectivity index (χ2n) is 3.78. The van der Waals surface area contributed by atoms with E-state index in [-0.39, 0.29) is 11.3 Å². The molecule has 0 aliphatic heterocycles. The zero-order valence-electron chi connectivity index (χ0n) is 9.54. The molecule has 0 spiro atoms. The van der Waals surface area contributed by atoms with E-state index in [1.54, 1.807) is 6.92 Å². The van der Waals surface area contributed by atoms with Crippen LogP contribution in [0.3, 0.4) is 0 Å². The van der Waals surface area contributed by atoms with Gasteiger partial charge in [-0.15, -0.1) is 0 Å². The number of amides is 1. The van der Waals surface area contributed by atoms with Gasteiger partial charge in [-0.3, -0.25) is 14.6 Å². The van der Waals surface area contributed by atoms with Crippen molar-refractivity contribution in [1.29, 1.82) is 0 Å². The van der Waals surface area contributed by atoms with Gasteiger partial charge < -0.3 is 15.5 Å². The molecule has 0 radical (unpaired) electrons. The summed E-state index contributed by atoms with van der Waals surface area (Å²) in [7, 11) is 0. The Kier molecular flexibility index (Phi) is 4.03. The molecule has 1 aromatic heterocycles. The Morgan fingerprint density at radius 1 is 1.41 bits per heavy atom. The minimum Gasteiger partial charge on any atom is -0.505 e. The Bertz CT molecular complexity index is 433. The summed E-state index contributed by atoms with van der Waals surface area (Å²) < 4.78 is 0. The van der Waals surface area contributed by atoms with E-state index in [4.69, 9.17) is 5.11 Å². The largest absolute Gasteiger partial charge is 0.505 e. The van der Waals surface area contributed by atoms with Gasteiger partial charge in [0, 0.05) is 12.2 Å². The first-order valence-electron chi connectivity index (χ1n) is 5.10. The molecule has 0 fully saturated rings. The summed E-state index contributed by atoms with van der Waals surface area (Å²) in [6, 6.07) is 0.829. The van der Waals surface area contributed by atoms with E-state index in [9.17, 15) is 14.7 Å². The molecule has 92 valence electrons. The number of carboxylic acids is 1. The van der Waals surface area contributed by atoms with Crippen molar-refractivity contribution in [3.05, 3.63) is 24.0 Å². The van der Waals surface area contributed by atoms with Crippen LogP contribution in [0.25, 0.3) is 0 Å². The van der Waals surface area contributed by atoms with Crippen LogP contribution in [-0.4, -0.2) is 33.1 Å². The lowest BCUT2D eigenvalue weighted by Gasteiger charge is -2.17. The molecule has 0 bridgehead atoms. The molecule has 1 rings (SSSR count). The first-order chi connectivity index (χ1) is 7.93. The Labute approximate surface area is 98.3 Å². The topological polar surface area (TPSA) is 99.5 Å². The third-order valence-electron chi connectivity index (χ3n) is 2.54. The molecule has 2 unspecified atom stereocenters. The molecule has 6 heteroatoms. The van der Waals surface area contributed by atoms with Crippen LogP contribution < -0.4 is 5.32 Å². The van der Waals surface area contributed by atoms with E-state index >= 15 is 0 Å². The number of carboxylic acid groups (broad SMARTS) is 1. The second-order valence-corrected chi connectivity index (χ2v) is 3.78. The SMILES string of the molecule is CC(NC(=O)c1ccncc1O)C(C)C(=O)O. The maximum absolute atomic E-state index is 11.7. The molecule has 0 aliphatic rings. The fourth-order valence-electron chi connectivity index (χ4n) is 1.20. The summed E-state index contributed by atoms with van der Waals surface area (Å²) >= 11 is 0. The molecule has 0 saturated heterocycles. The smallest absolute Gasteiger partial charge is 0.308 e. The van der Waals surface area contributed by atoms with E-state index in [0.29, 0.717) is 0 Å². The predicted octanol–water partition coefficient (Wildman–Crippen LogP) is 0.626. The normalized spacial score (nSPS) is 13.8. The minimum atomic E-state index is -0.989. The van der Waals surface area contributed by atoms with Gasteiger partial charge in [0.1, 0.15) is 5.75 Å². The van der Waals surface area contributed by atoms with Crippen molar-refractivity contribution in [2.75, 3.05) is 0 Å². The lowest BCUT2D eigenvalue weighted by Crippen LogP contribution is -2.40. The Hall–Kier alpha value is -2.11. The van der Waals surface area contributed by atoms with Crippen molar-refractivity contribution in [3.63, 3.8) is 0 Å². The van der Waals surface area contributed by atoms with Crippen molar-refractivity contribution < 1.29 is 19.8 Å². The average molecular weight is 238 g/mol. The molecule has 1 aromatic rings. The number of pyridine rings is 1. The summed E-state index contributed by atoms with van der Waals surface area (Å²) in [5.41, 5.74) is 0.0736. The number of rotatable bonds is 4. The number of nitrogens with one attached hydrogen (secondary N) is 1. The third-order valence-corrected chi connectivity index (χ3v) is 2.54. The van der Waals surface area contributed by atoms with Crippen molar-refractivity contribution in [2.24, 2.45) is 5.92 Å². The highest BCUT2D eigenvalue weighted by atomic mass is 16.4. The number of hydrogen-bond donors (Lipinski definition) is 3. The van der Waals surface area contributed by atoms with E-state index in [0.717, 1.165) is 6.20 Å². The van der Waals surface area contributed by atoms with Crippen molar-refractivity contribution in [3.8, 4) is 5.75 Å². The van der Waals surface area contributed by atoms with E-state index in [1.807, 2.05) is 0 Å². The molecule has 3 N–H and O–H groups in total. The van der Waals surface area contributed by atoms with E-state index in [1.165, 1.54) is 19.2 Å². The summed E-state index contributed by atoms with van der Waals surface area (Å²) in [5, 5.41) is 20.7. The van der Waals surface area contributed by atoms with Gasteiger partial charge in [0.2, 0.25) is 0 Å². The fraction of sp³-hybridized carbons (Fsp3) is 0.364. The number of aromatic hydroxyl groups is 1. The van der Waals surface area contributed by atoms with E-state index in [2.05, 4.69) is 10.3 Å². The van der Waals surface area contributed by atoms with Gasteiger partial charge >= 0.3 is 5.97 Å².